The number of nitrogens with one attached hydrogen (secondary N) is 6. The summed E-state index contributed by atoms with van der Waals surface area (Å²) in [5, 5.41) is 20.5. The van der Waals surface area contributed by atoms with E-state index in [1.165, 1.54) is 31.2 Å². The lowest BCUT2D eigenvalue weighted by atomic mass is 10.1. The summed E-state index contributed by atoms with van der Waals surface area (Å²) in [6, 6.07) is 23.6. The fourth-order valence-corrected chi connectivity index (χ4v) is 5.66. The molecule has 0 fully saturated rings. The first kappa shape index (κ1) is 47.0. The molecule has 0 spiro atoms. The number of aliphatic carboxylic acids is 1. The number of hydrogen-bond donors (Lipinski definition) is 7. The number of nitrogens with zero attached hydrogens (tertiary/aromatic N) is 3. The number of amides is 6. The van der Waals surface area contributed by atoms with E-state index in [-0.39, 0.29) is 25.8 Å². The highest BCUT2D eigenvalue weighted by Gasteiger charge is 2.28. The lowest BCUT2D eigenvalue weighted by Crippen LogP contribution is -2.58. The topological polar surface area (TPSA) is 231 Å². The van der Waals surface area contributed by atoms with Crippen LogP contribution in [-0.4, -0.2) is 126 Å². The highest BCUT2D eigenvalue weighted by Crippen LogP contribution is 2.10. The van der Waals surface area contributed by atoms with Gasteiger partial charge in [-0.05, 0) is 37.5 Å². The Morgan fingerprint density at radius 3 is 1.14 bits per heavy atom. The van der Waals surface area contributed by atoms with Crippen molar-refractivity contribution < 1.29 is 43.4 Å². The number of carboxylic acids is 1. The van der Waals surface area contributed by atoms with Gasteiger partial charge in [-0.2, -0.15) is 0 Å². The summed E-state index contributed by atoms with van der Waals surface area (Å²) in [4.78, 5) is 90.4. The Hall–Kier alpha value is -6.37. The molecule has 0 heterocycles. The molecular weight excluding hydrogens is 763 g/mol. The predicted octanol–water partition coefficient (Wildman–Crippen LogP) is 0.551. The highest BCUT2D eigenvalue weighted by molar-refractivity contribution is 5.90. The van der Waals surface area contributed by atoms with E-state index in [0.717, 1.165) is 21.7 Å². The number of alkyl carbamates (subject to hydrolysis) is 1. The van der Waals surface area contributed by atoms with Crippen molar-refractivity contribution in [2.24, 2.45) is 0 Å². The van der Waals surface area contributed by atoms with E-state index in [1.54, 1.807) is 93.6 Å². The molecule has 0 saturated carbocycles. The van der Waals surface area contributed by atoms with Gasteiger partial charge in [0.2, 0.25) is 11.8 Å². The summed E-state index contributed by atoms with van der Waals surface area (Å²) in [5.74, 6) is -4.31. The molecule has 18 nitrogen and oxygen atoms in total. The number of carbonyl (C=O) groups excluding carboxylic acids is 6. The molecule has 0 bridgehead atoms. The van der Waals surface area contributed by atoms with Crippen molar-refractivity contribution in [3.63, 3.8) is 0 Å². The maximum absolute atomic E-state index is 13.6. The number of likely N-dealkylation sites (N-methyl/N-ethyl adjacent to an activating group) is 3. The van der Waals surface area contributed by atoms with E-state index in [9.17, 15) is 33.6 Å². The van der Waals surface area contributed by atoms with Gasteiger partial charge in [-0.25, -0.2) is 19.8 Å². The molecule has 0 radical (unpaired) electrons. The fourth-order valence-electron chi connectivity index (χ4n) is 5.66. The van der Waals surface area contributed by atoms with Crippen LogP contribution in [0.15, 0.2) is 91.0 Å². The molecule has 0 aliphatic rings. The van der Waals surface area contributed by atoms with Gasteiger partial charge in [0.15, 0.2) is 0 Å². The zero-order valence-corrected chi connectivity index (χ0v) is 34.2. The van der Waals surface area contributed by atoms with Crippen LogP contribution in [0.4, 0.5) is 4.79 Å². The second-order valence-electron chi connectivity index (χ2n) is 14.9. The first-order chi connectivity index (χ1) is 27.9. The van der Waals surface area contributed by atoms with Crippen LogP contribution >= 0.6 is 0 Å². The minimum absolute atomic E-state index is 0.0800. The zero-order chi connectivity index (χ0) is 43.5. The summed E-state index contributed by atoms with van der Waals surface area (Å²) < 4.78 is 5.35. The Bertz CT molecular complexity index is 1860. The van der Waals surface area contributed by atoms with E-state index in [1.807, 2.05) is 18.2 Å². The molecule has 18 heteroatoms. The lowest BCUT2D eigenvalue weighted by molar-refractivity contribution is -0.141. The molecule has 59 heavy (non-hydrogen) atoms. The molecule has 3 aromatic carbocycles. The van der Waals surface area contributed by atoms with E-state index in [2.05, 4.69) is 32.2 Å². The molecule has 6 amide bonds. The fraction of sp³-hybridized carbons (Fsp3) is 0.390. The first-order valence-electron chi connectivity index (χ1n) is 18.8. The molecule has 0 unspecified atom stereocenters. The predicted molar refractivity (Wildman–Crippen MR) is 217 cm³/mol. The third-order valence-corrected chi connectivity index (χ3v) is 8.20. The molecule has 0 saturated heterocycles. The van der Waals surface area contributed by atoms with Gasteiger partial charge in [-0.3, -0.25) is 45.0 Å². The Morgan fingerprint density at radius 2 is 0.831 bits per heavy atom. The number of hydrogen-bond acceptors (Lipinski definition) is 11. The Balaban J connectivity index is 1.65. The largest absolute Gasteiger partial charge is 0.480 e. The molecule has 7 N–H and O–H groups in total. The molecule has 3 aromatic rings. The van der Waals surface area contributed by atoms with Crippen molar-refractivity contribution in [3.05, 3.63) is 108 Å². The van der Waals surface area contributed by atoms with Gasteiger partial charge in [-0.1, -0.05) is 91.0 Å². The zero-order valence-electron chi connectivity index (χ0n) is 34.2. The van der Waals surface area contributed by atoms with E-state index in [4.69, 9.17) is 9.84 Å². The maximum Gasteiger partial charge on any atom is 0.408 e. The summed E-state index contributed by atoms with van der Waals surface area (Å²) >= 11 is 0. The standard InChI is InChI=1S/C41H55N9O9/c1-41(2,3)59-40(58)44-33(24-30-20-14-9-15-21-30)39(57)46-49(5)26-35(52)42-31(22-28-16-10-7-11-17-28)37(55)45-48(4)25-34(51)43-32(23-29-18-12-8-13-19-29)38(56)47-50(6)27-36(53)54/h7-21,31-33H,22-27H2,1-6H3,(H,42,52)(H,43,51)(H,44,58)(H,45,55)(H,46,57)(H,47,56)(H,53,54)/t31-,32-,33-/m0/s1. The van der Waals surface area contributed by atoms with Crippen LogP contribution in [0.5, 0.6) is 0 Å². The molecule has 0 aromatic heterocycles. The summed E-state index contributed by atoms with van der Waals surface area (Å²) in [7, 11) is 4.27. The van der Waals surface area contributed by atoms with Crippen molar-refractivity contribution >= 4 is 41.6 Å². The van der Waals surface area contributed by atoms with Crippen LogP contribution in [0.2, 0.25) is 0 Å². The average Bonchev–Trinajstić information content (AvgIpc) is 3.14. The third kappa shape index (κ3) is 18.6. The second-order valence-corrected chi connectivity index (χ2v) is 14.9. The van der Waals surface area contributed by atoms with Crippen LogP contribution < -0.4 is 32.2 Å². The number of carbonyl (C=O) groups is 7. The monoisotopic (exact) mass is 817 g/mol. The molecule has 0 aliphatic carbocycles. The minimum Gasteiger partial charge on any atom is -0.480 e. The van der Waals surface area contributed by atoms with E-state index >= 15 is 0 Å². The average molecular weight is 818 g/mol. The molecule has 3 atom stereocenters. The second kappa shape index (κ2) is 23.1. The van der Waals surface area contributed by atoms with Crippen LogP contribution in [0, 0.1) is 0 Å². The van der Waals surface area contributed by atoms with Gasteiger partial charge in [-0.15, -0.1) is 0 Å². The first-order valence-corrected chi connectivity index (χ1v) is 18.8. The van der Waals surface area contributed by atoms with Crippen LogP contribution in [0.3, 0.4) is 0 Å². The quantitative estimate of drug-likeness (QED) is 0.0732. The minimum atomic E-state index is -1.16. The van der Waals surface area contributed by atoms with Crippen molar-refractivity contribution in [2.45, 2.75) is 63.8 Å². The number of benzene rings is 3. The lowest BCUT2D eigenvalue weighted by Gasteiger charge is -2.27. The van der Waals surface area contributed by atoms with E-state index in [0.29, 0.717) is 0 Å². The SMILES string of the molecule is CN(CC(=O)O)NC(=O)[C@H](Cc1ccccc1)NC(=O)CN(C)NC(=O)[C@H](Cc1ccccc1)NC(=O)CN(C)NC(=O)[C@H](Cc1ccccc1)NC(=O)OC(C)(C)C. The van der Waals surface area contributed by atoms with Gasteiger partial charge in [0.05, 0.1) is 13.1 Å². The van der Waals surface area contributed by atoms with Gasteiger partial charge in [0.25, 0.3) is 17.7 Å². The third-order valence-electron chi connectivity index (χ3n) is 8.20. The Morgan fingerprint density at radius 1 is 0.525 bits per heavy atom. The number of ether oxygens (including phenoxy) is 1. The van der Waals surface area contributed by atoms with Gasteiger partial charge < -0.3 is 25.8 Å². The highest BCUT2D eigenvalue weighted by atomic mass is 16.6. The van der Waals surface area contributed by atoms with Gasteiger partial charge in [0, 0.05) is 40.4 Å². The summed E-state index contributed by atoms with van der Waals surface area (Å²) in [6.07, 6.45) is -0.466. The molecule has 3 rings (SSSR count). The summed E-state index contributed by atoms with van der Waals surface area (Å²) in [5.41, 5.74) is 9.13. The molecule has 318 valence electrons. The Labute approximate surface area is 343 Å². The van der Waals surface area contributed by atoms with Gasteiger partial charge >= 0.3 is 12.1 Å². The van der Waals surface area contributed by atoms with Crippen molar-refractivity contribution in [1.82, 2.24) is 47.3 Å². The Kier molecular flexibility index (Phi) is 18.4. The van der Waals surface area contributed by atoms with Crippen LogP contribution in [0.1, 0.15) is 37.5 Å². The van der Waals surface area contributed by atoms with Crippen molar-refractivity contribution in [1.29, 1.82) is 0 Å². The normalized spacial score (nSPS) is 12.8. The number of carboxylic acid groups (broad SMARTS) is 1. The van der Waals surface area contributed by atoms with Crippen molar-refractivity contribution in [2.75, 3.05) is 40.8 Å². The van der Waals surface area contributed by atoms with Gasteiger partial charge in [0.1, 0.15) is 30.3 Å². The van der Waals surface area contributed by atoms with Crippen molar-refractivity contribution in [3.8, 4) is 0 Å². The summed E-state index contributed by atoms with van der Waals surface area (Å²) in [6.45, 7) is 3.86. The van der Waals surface area contributed by atoms with E-state index < -0.39 is 78.4 Å². The smallest absolute Gasteiger partial charge is 0.408 e. The number of rotatable bonds is 21. The van der Waals surface area contributed by atoms with Crippen LogP contribution in [0.25, 0.3) is 0 Å². The number of hydrazine groups is 3. The molecular formula is C41H55N9O9. The molecule has 0 aliphatic heterocycles. The van der Waals surface area contributed by atoms with Crippen LogP contribution in [-0.2, 0) is 52.8 Å². The maximum atomic E-state index is 13.6.